The van der Waals surface area contributed by atoms with Crippen LogP contribution in [0.4, 0.5) is 0 Å². The lowest BCUT2D eigenvalue weighted by molar-refractivity contribution is 0.127. The van der Waals surface area contributed by atoms with Gasteiger partial charge < -0.3 is 10.5 Å². The zero-order chi connectivity index (χ0) is 12.8. The Hall–Kier alpha value is -0.480. The van der Waals surface area contributed by atoms with E-state index in [1.54, 1.807) is 0 Å². The molecule has 1 aromatic rings. The summed E-state index contributed by atoms with van der Waals surface area (Å²) < 4.78 is 5.72. The van der Waals surface area contributed by atoms with E-state index in [0.29, 0.717) is 17.7 Å². The highest BCUT2D eigenvalue weighted by molar-refractivity contribution is 6.30. The molecule has 0 spiro atoms. The summed E-state index contributed by atoms with van der Waals surface area (Å²) in [6.07, 6.45) is 3.79. The zero-order valence-corrected chi connectivity index (χ0v) is 12.6. The van der Waals surface area contributed by atoms with E-state index < -0.39 is 0 Å². The normalized spacial score (nSPS) is 19.8. The maximum absolute atomic E-state index is 5.91. The minimum absolute atomic E-state index is 0. The molecule has 19 heavy (non-hydrogen) atoms. The number of likely N-dealkylation sites (tertiary alicyclic amines) is 1. The molecule has 0 bridgehead atoms. The molecule has 3 nitrogen and oxygen atoms in total. The Kier molecular flexibility index (Phi) is 7.54. The van der Waals surface area contributed by atoms with Gasteiger partial charge in [0.05, 0.1) is 0 Å². The van der Waals surface area contributed by atoms with Gasteiger partial charge in [0.15, 0.2) is 0 Å². The Bertz CT molecular complexity index is 376. The third-order valence-corrected chi connectivity index (χ3v) is 3.70. The molecular weight excluding hydrogens is 283 g/mol. The van der Waals surface area contributed by atoms with E-state index in [9.17, 15) is 0 Å². The Morgan fingerprint density at radius 3 is 2.95 bits per heavy atom. The predicted molar refractivity (Wildman–Crippen MR) is 82.5 cm³/mol. The molecule has 0 radical (unpaired) electrons. The largest absolute Gasteiger partial charge is 0.492 e. The average Bonchev–Trinajstić information content (AvgIpc) is 2.39. The first-order valence-corrected chi connectivity index (χ1v) is 7.00. The van der Waals surface area contributed by atoms with Gasteiger partial charge in [0.25, 0.3) is 0 Å². The first-order chi connectivity index (χ1) is 8.79. The Morgan fingerprint density at radius 2 is 2.21 bits per heavy atom. The molecule has 0 amide bonds. The van der Waals surface area contributed by atoms with Crippen molar-refractivity contribution < 1.29 is 4.74 Å². The highest BCUT2D eigenvalue weighted by atomic mass is 35.5. The molecule has 1 heterocycles. The van der Waals surface area contributed by atoms with Crippen LogP contribution in [0.25, 0.3) is 0 Å². The lowest BCUT2D eigenvalue weighted by atomic mass is 10.0. The molecule has 2 rings (SSSR count). The Morgan fingerprint density at radius 1 is 1.37 bits per heavy atom. The fourth-order valence-corrected chi connectivity index (χ4v) is 2.64. The van der Waals surface area contributed by atoms with Crippen LogP contribution in [-0.4, -0.2) is 37.2 Å². The van der Waals surface area contributed by atoms with E-state index in [1.165, 1.54) is 19.3 Å². The van der Waals surface area contributed by atoms with Crippen molar-refractivity contribution in [3.63, 3.8) is 0 Å². The van der Waals surface area contributed by atoms with Crippen molar-refractivity contribution in [2.75, 3.05) is 26.2 Å². The van der Waals surface area contributed by atoms with Gasteiger partial charge in [-0.2, -0.15) is 0 Å². The van der Waals surface area contributed by atoms with Crippen LogP contribution in [0.1, 0.15) is 19.3 Å². The van der Waals surface area contributed by atoms with E-state index >= 15 is 0 Å². The summed E-state index contributed by atoms with van der Waals surface area (Å²) in [5.41, 5.74) is 5.80. The number of rotatable bonds is 5. The van der Waals surface area contributed by atoms with Crippen molar-refractivity contribution in [1.82, 2.24) is 4.90 Å². The second-order valence-electron chi connectivity index (χ2n) is 4.73. The topological polar surface area (TPSA) is 38.5 Å². The van der Waals surface area contributed by atoms with Gasteiger partial charge in [0.2, 0.25) is 0 Å². The maximum Gasteiger partial charge on any atom is 0.120 e. The van der Waals surface area contributed by atoms with Gasteiger partial charge >= 0.3 is 0 Å². The van der Waals surface area contributed by atoms with Crippen LogP contribution in [0, 0.1) is 0 Å². The fraction of sp³-hybridized carbons (Fsp3) is 0.571. The van der Waals surface area contributed by atoms with Crippen molar-refractivity contribution in [3.05, 3.63) is 29.3 Å². The summed E-state index contributed by atoms with van der Waals surface area (Å²) in [7, 11) is 0. The summed E-state index contributed by atoms with van der Waals surface area (Å²) in [4.78, 5) is 2.44. The van der Waals surface area contributed by atoms with Gasteiger partial charge in [-0.3, -0.25) is 4.90 Å². The van der Waals surface area contributed by atoms with E-state index in [1.807, 2.05) is 24.3 Å². The SMILES string of the molecule is Cl.NCC1CCCCN1CCOc1cccc(Cl)c1. The predicted octanol–water partition coefficient (Wildman–Crippen LogP) is 2.95. The highest BCUT2D eigenvalue weighted by Gasteiger charge is 2.20. The van der Waals surface area contributed by atoms with E-state index in [-0.39, 0.29) is 12.4 Å². The molecule has 1 unspecified atom stereocenters. The van der Waals surface area contributed by atoms with Gasteiger partial charge in [-0.05, 0) is 37.6 Å². The summed E-state index contributed by atoms with van der Waals surface area (Å²) in [6.45, 7) is 3.52. The third kappa shape index (κ3) is 5.19. The van der Waals surface area contributed by atoms with Crippen LogP contribution in [0.3, 0.4) is 0 Å². The number of hydrogen-bond acceptors (Lipinski definition) is 3. The second-order valence-corrected chi connectivity index (χ2v) is 5.16. The number of ether oxygens (including phenoxy) is 1. The molecule has 1 fully saturated rings. The standard InChI is InChI=1S/C14H21ClN2O.ClH/c15-12-4-3-6-14(10-12)18-9-8-17-7-2-1-5-13(17)11-16;/h3-4,6,10,13H,1-2,5,7-9,11,16H2;1H. The van der Waals surface area contributed by atoms with Crippen LogP contribution >= 0.6 is 24.0 Å². The molecule has 0 saturated carbocycles. The number of hydrogen-bond donors (Lipinski definition) is 1. The molecule has 0 aliphatic carbocycles. The summed E-state index contributed by atoms with van der Waals surface area (Å²) in [5.74, 6) is 0.837. The number of nitrogens with zero attached hydrogens (tertiary/aromatic N) is 1. The van der Waals surface area contributed by atoms with Crippen LogP contribution in [0.5, 0.6) is 5.75 Å². The molecule has 108 valence electrons. The zero-order valence-electron chi connectivity index (χ0n) is 11.1. The molecule has 1 aliphatic heterocycles. The maximum atomic E-state index is 5.91. The first-order valence-electron chi connectivity index (χ1n) is 6.62. The van der Waals surface area contributed by atoms with Crippen molar-refractivity contribution in [1.29, 1.82) is 0 Å². The molecule has 1 saturated heterocycles. The molecule has 1 aromatic carbocycles. The molecule has 1 aliphatic rings. The highest BCUT2D eigenvalue weighted by Crippen LogP contribution is 2.18. The third-order valence-electron chi connectivity index (χ3n) is 3.46. The van der Waals surface area contributed by atoms with Gasteiger partial charge in [-0.1, -0.05) is 24.1 Å². The smallest absolute Gasteiger partial charge is 0.120 e. The number of halogens is 2. The van der Waals surface area contributed by atoms with Crippen LogP contribution < -0.4 is 10.5 Å². The molecule has 0 aromatic heterocycles. The van der Waals surface area contributed by atoms with Gasteiger partial charge in [0.1, 0.15) is 12.4 Å². The van der Waals surface area contributed by atoms with Crippen molar-refractivity contribution in [2.24, 2.45) is 5.73 Å². The number of nitrogens with two attached hydrogens (primary N) is 1. The van der Waals surface area contributed by atoms with Crippen molar-refractivity contribution in [3.8, 4) is 5.75 Å². The first kappa shape index (κ1) is 16.6. The fourth-order valence-electron chi connectivity index (χ4n) is 2.46. The van der Waals surface area contributed by atoms with Crippen LogP contribution in [0.2, 0.25) is 5.02 Å². The monoisotopic (exact) mass is 304 g/mol. The second kappa shape index (κ2) is 8.64. The van der Waals surface area contributed by atoms with Crippen molar-refractivity contribution >= 4 is 24.0 Å². The van der Waals surface area contributed by atoms with Gasteiger partial charge in [-0.25, -0.2) is 0 Å². The average molecular weight is 305 g/mol. The Balaban J connectivity index is 0.00000180. The van der Waals surface area contributed by atoms with E-state index in [2.05, 4.69) is 4.90 Å². The molecule has 1 atom stereocenters. The summed E-state index contributed by atoms with van der Waals surface area (Å²) in [6, 6.07) is 8.06. The van der Waals surface area contributed by atoms with Crippen LogP contribution in [0.15, 0.2) is 24.3 Å². The van der Waals surface area contributed by atoms with E-state index in [4.69, 9.17) is 22.1 Å². The summed E-state index contributed by atoms with van der Waals surface area (Å²) in [5, 5.41) is 0.713. The number of benzene rings is 1. The minimum Gasteiger partial charge on any atom is -0.492 e. The molecular formula is C14H22Cl2N2O. The van der Waals surface area contributed by atoms with Gasteiger partial charge in [-0.15, -0.1) is 12.4 Å². The quantitative estimate of drug-likeness (QED) is 0.909. The lowest BCUT2D eigenvalue weighted by Crippen LogP contribution is -2.45. The molecule has 2 N–H and O–H groups in total. The summed E-state index contributed by atoms with van der Waals surface area (Å²) >= 11 is 5.91. The Labute approximate surface area is 126 Å². The molecule has 5 heteroatoms. The minimum atomic E-state index is 0. The van der Waals surface area contributed by atoms with Crippen molar-refractivity contribution in [2.45, 2.75) is 25.3 Å². The lowest BCUT2D eigenvalue weighted by Gasteiger charge is -2.34. The van der Waals surface area contributed by atoms with Gasteiger partial charge in [0, 0.05) is 24.2 Å². The van der Waals surface area contributed by atoms with Crippen LogP contribution in [-0.2, 0) is 0 Å². The number of piperidine rings is 1. The van der Waals surface area contributed by atoms with E-state index in [0.717, 1.165) is 25.4 Å².